The Labute approximate surface area is 98.0 Å². The van der Waals surface area contributed by atoms with Crippen molar-refractivity contribution in [3.05, 3.63) is 11.8 Å². The number of ether oxygens (including phenoxy) is 1. The molecule has 0 radical (unpaired) electrons. The van der Waals surface area contributed by atoms with Crippen molar-refractivity contribution in [2.75, 3.05) is 11.9 Å². The first-order chi connectivity index (χ1) is 8.04. The number of amides is 1. The predicted molar refractivity (Wildman–Crippen MR) is 57.9 cm³/mol. The van der Waals surface area contributed by atoms with Gasteiger partial charge in [-0.05, 0) is 0 Å². The molecule has 7 heteroatoms. The van der Waals surface area contributed by atoms with Crippen LogP contribution in [0.5, 0.6) is 0 Å². The molecule has 1 rings (SSSR count). The zero-order valence-corrected chi connectivity index (χ0v) is 9.56. The molecule has 1 amide bonds. The summed E-state index contributed by atoms with van der Waals surface area (Å²) >= 11 is 0. The second-order valence-corrected chi connectivity index (χ2v) is 3.26. The van der Waals surface area contributed by atoms with Crippen LogP contribution in [0.2, 0.25) is 0 Å². The Morgan fingerprint density at radius 1 is 1.59 bits per heavy atom. The van der Waals surface area contributed by atoms with Crippen LogP contribution in [0.4, 0.5) is 5.82 Å². The number of nitrogens with one attached hydrogen (secondary N) is 1. The SMILES string of the molecule is CC(=O)Nc1c(C#N)cnn1CCOC(C)=O. The average Bonchev–Trinajstić information content (AvgIpc) is 2.60. The van der Waals surface area contributed by atoms with E-state index in [1.807, 2.05) is 6.07 Å². The van der Waals surface area contributed by atoms with Crippen molar-refractivity contribution in [3.63, 3.8) is 0 Å². The van der Waals surface area contributed by atoms with Crippen molar-refractivity contribution in [1.82, 2.24) is 9.78 Å². The Bertz CT molecular complexity index is 472. The molecule has 0 aliphatic rings. The molecular formula is C10H12N4O3. The molecule has 0 unspecified atom stereocenters. The van der Waals surface area contributed by atoms with Gasteiger partial charge in [0.2, 0.25) is 5.91 Å². The van der Waals surface area contributed by atoms with Gasteiger partial charge in [-0.15, -0.1) is 0 Å². The van der Waals surface area contributed by atoms with Crippen molar-refractivity contribution in [1.29, 1.82) is 5.26 Å². The smallest absolute Gasteiger partial charge is 0.302 e. The van der Waals surface area contributed by atoms with E-state index in [1.54, 1.807) is 0 Å². The zero-order chi connectivity index (χ0) is 12.8. The lowest BCUT2D eigenvalue weighted by Crippen LogP contribution is -2.16. The number of carbonyl (C=O) groups is 2. The van der Waals surface area contributed by atoms with Gasteiger partial charge in [-0.1, -0.05) is 0 Å². The van der Waals surface area contributed by atoms with Gasteiger partial charge in [-0.2, -0.15) is 10.4 Å². The largest absolute Gasteiger partial charge is 0.464 e. The number of carbonyl (C=O) groups excluding carboxylic acids is 2. The molecule has 0 aromatic carbocycles. The first-order valence-corrected chi connectivity index (χ1v) is 4.91. The van der Waals surface area contributed by atoms with E-state index in [9.17, 15) is 9.59 Å². The third-order valence-corrected chi connectivity index (χ3v) is 1.86. The maximum absolute atomic E-state index is 11.0. The molecule has 0 aliphatic carbocycles. The fourth-order valence-corrected chi connectivity index (χ4v) is 1.21. The highest BCUT2D eigenvalue weighted by molar-refractivity contribution is 5.89. The molecule has 17 heavy (non-hydrogen) atoms. The summed E-state index contributed by atoms with van der Waals surface area (Å²) in [6.45, 7) is 3.05. The van der Waals surface area contributed by atoms with Crippen LogP contribution in [0.1, 0.15) is 19.4 Å². The Balaban J connectivity index is 2.77. The topological polar surface area (TPSA) is 97.0 Å². The molecule has 90 valence electrons. The maximum atomic E-state index is 11.0. The highest BCUT2D eigenvalue weighted by Gasteiger charge is 2.11. The van der Waals surface area contributed by atoms with E-state index in [-0.39, 0.29) is 24.6 Å². The van der Waals surface area contributed by atoms with E-state index < -0.39 is 5.97 Å². The fraction of sp³-hybridized carbons (Fsp3) is 0.400. The normalized spacial score (nSPS) is 9.47. The van der Waals surface area contributed by atoms with E-state index in [1.165, 1.54) is 24.7 Å². The van der Waals surface area contributed by atoms with Crippen LogP contribution in [-0.4, -0.2) is 28.3 Å². The Morgan fingerprint density at radius 3 is 2.82 bits per heavy atom. The molecule has 0 spiro atoms. The summed E-state index contributed by atoms with van der Waals surface area (Å²) in [6.07, 6.45) is 1.35. The first-order valence-electron chi connectivity index (χ1n) is 4.91. The summed E-state index contributed by atoms with van der Waals surface area (Å²) in [5, 5.41) is 15.3. The van der Waals surface area contributed by atoms with Crippen molar-refractivity contribution in [3.8, 4) is 6.07 Å². The van der Waals surface area contributed by atoms with E-state index in [4.69, 9.17) is 10.00 Å². The zero-order valence-electron chi connectivity index (χ0n) is 9.56. The number of nitrogens with zero attached hydrogens (tertiary/aromatic N) is 3. The number of anilines is 1. The summed E-state index contributed by atoms with van der Waals surface area (Å²) in [5.41, 5.74) is 0.267. The molecule has 7 nitrogen and oxygen atoms in total. The molecular weight excluding hydrogens is 224 g/mol. The predicted octanol–water partition coefficient (Wildman–Crippen LogP) is 0.276. The minimum atomic E-state index is -0.390. The number of hydrogen-bond acceptors (Lipinski definition) is 5. The van der Waals surface area contributed by atoms with Gasteiger partial charge in [0.15, 0.2) is 0 Å². The van der Waals surface area contributed by atoms with Gasteiger partial charge in [0.1, 0.15) is 24.1 Å². The van der Waals surface area contributed by atoms with Gasteiger partial charge in [-0.3, -0.25) is 9.59 Å². The molecule has 0 bridgehead atoms. The Hall–Kier alpha value is -2.36. The summed E-state index contributed by atoms with van der Waals surface area (Å²) in [7, 11) is 0. The molecule has 0 saturated heterocycles. The van der Waals surface area contributed by atoms with Crippen molar-refractivity contribution < 1.29 is 14.3 Å². The van der Waals surface area contributed by atoms with Gasteiger partial charge in [-0.25, -0.2) is 4.68 Å². The standard InChI is InChI=1S/C10H12N4O3/c1-7(15)13-10-9(5-11)6-12-14(10)3-4-17-8(2)16/h6H,3-4H2,1-2H3,(H,13,15). The Morgan fingerprint density at radius 2 is 2.29 bits per heavy atom. The van der Waals surface area contributed by atoms with Gasteiger partial charge in [0, 0.05) is 13.8 Å². The molecule has 1 aromatic heterocycles. The van der Waals surface area contributed by atoms with Crippen LogP contribution in [0, 0.1) is 11.3 Å². The second kappa shape index (κ2) is 5.65. The second-order valence-electron chi connectivity index (χ2n) is 3.26. The molecule has 0 aliphatic heterocycles. The summed E-state index contributed by atoms with van der Waals surface area (Å²) in [4.78, 5) is 21.6. The minimum absolute atomic E-state index is 0.133. The quantitative estimate of drug-likeness (QED) is 0.757. The molecule has 0 atom stereocenters. The first kappa shape index (κ1) is 12.7. The van der Waals surface area contributed by atoms with Crippen LogP contribution in [0.25, 0.3) is 0 Å². The third-order valence-electron chi connectivity index (χ3n) is 1.86. The summed E-state index contributed by atoms with van der Waals surface area (Å²) < 4.78 is 6.16. The van der Waals surface area contributed by atoms with E-state index in [0.717, 1.165) is 0 Å². The minimum Gasteiger partial charge on any atom is -0.464 e. The van der Waals surface area contributed by atoms with Gasteiger partial charge in [0.05, 0.1) is 12.7 Å². The third kappa shape index (κ3) is 3.61. The number of hydrogen-bond donors (Lipinski definition) is 1. The summed E-state index contributed by atoms with van der Waals surface area (Å²) in [5.74, 6) is -0.373. The van der Waals surface area contributed by atoms with Crippen molar-refractivity contribution >= 4 is 17.7 Å². The number of rotatable bonds is 4. The van der Waals surface area contributed by atoms with Gasteiger partial charge in [0.25, 0.3) is 0 Å². The molecule has 0 fully saturated rings. The number of aromatic nitrogens is 2. The average molecular weight is 236 g/mol. The molecule has 0 saturated carbocycles. The van der Waals surface area contributed by atoms with Gasteiger partial charge < -0.3 is 10.1 Å². The van der Waals surface area contributed by atoms with E-state index in [0.29, 0.717) is 5.82 Å². The van der Waals surface area contributed by atoms with E-state index in [2.05, 4.69) is 10.4 Å². The van der Waals surface area contributed by atoms with Crippen LogP contribution in [0.15, 0.2) is 6.20 Å². The lowest BCUT2D eigenvalue weighted by atomic mass is 10.3. The maximum Gasteiger partial charge on any atom is 0.302 e. The summed E-state index contributed by atoms with van der Waals surface area (Å²) in [6, 6.07) is 1.91. The van der Waals surface area contributed by atoms with Crippen LogP contribution in [-0.2, 0) is 20.9 Å². The Kier molecular flexibility index (Phi) is 4.22. The van der Waals surface area contributed by atoms with E-state index >= 15 is 0 Å². The van der Waals surface area contributed by atoms with Crippen LogP contribution < -0.4 is 5.32 Å². The molecule has 1 heterocycles. The van der Waals surface area contributed by atoms with Crippen molar-refractivity contribution in [2.24, 2.45) is 0 Å². The lowest BCUT2D eigenvalue weighted by molar-refractivity contribution is -0.141. The molecule has 1 aromatic rings. The van der Waals surface area contributed by atoms with Gasteiger partial charge >= 0.3 is 5.97 Å². The highest BCUT2D eigenvalue weighted by Crippen LogP contribution is 2.13. The lowest BCUT2D eigenvalue weighted by Gasteiger charge is -2.07. The van der Waals surface area contributed by atoms with Crippen LogP contribution in [0.3, 0.4) is 0 Å². The monoisotopic (exact) mass is 236 g/mol. The number of esters is 1. The fourth-order valence-electron chi connectivity index (χ4n) is 1.21. The van der Waals surface area contributed by atoms with Crippen LogP contribution >= 0.6 is 0 Å². The van der Waals surface area contributed by atoms with Crippen molar-refractivity contribution in [2.45, 2.75) is 20.4 Å². The number of nitriles is 1. The molecule has 1 N–H and O–H groups in total. The highest BCUT2D eigenvalue weighted by atomic mass is 16.5.